The fraction of sp³-hybridized carbons (Fsp3) is 0.375. The summed E-state index contributed by atoms with van der Waals surface area (Å²) in [6.07, 6.45) is 6.23. The van der Waals surface area contributed by atoms with Crippen molar-refractivity contribution in [3.63, 3.8) is 0 Å². The first-order valence-corrected chi connectivity index (χ1v) is 8.63. The maximum Gasteiger partial charge on any atom is 0.344 e. The van der Waals surface area contributed by atoms with E-state index in [9.17, 15) is 0 Å². The van der Waals surface area contributed by atoms with E-state index in [0.29, 0.717) is 11.9 Å². The number of rotatable bonds is 1. The number of hydrogen-bond donors (Lipinski definition) is 0. The SMILES string of the molecule is C1=C2N3N=C(c4ccccc4)OC3=NN2C2(CCCCC2)S1. The molecule has 0 bridgehead atoms. The predicted molar refractivity (Wildman–Crippen MR) is 86.7 cm³/mol. The summed E-state index contributed by atoms with van der Waals surface area (Å²) in [5.74, 6) is 1.65. The second-order valence-electron chi connectivity index (χ2n) is 5.98. The number of fused-ring (bicyclic) bond motifs is 4. The van der Waals surface area contributed by atoms with Crippen molar-refractivity contribution in [1.29, 1.82) is 0 Å². The van der Waals surface area contributed by atoms with E-state index in [-0.39, 0.29) is 4.87 Å². The molecule has 3 aliphatic heterocycles. The molecule has 112 valence electrons. The minimum absolute atomic E-state index is 0.0940. The topological polar surface area (TPSA) is 40.4 Å². The van der Waals surface area contributed by atoms with Crippen molar-refractivity contribution in [2.45, 2.75) is 37.0 Å². The van der Waals surface area contributed by atoms with Crippen LogP contribution in [0.5, 0.6) is 0 Å². The largest absolute Gasteiger partial charge is 0.402 e. The van der Waals surface area contributed by atoms with Crippen LogP contribution in [0.1, 0.15) is 37.7 Å². The Morgan fingerprint density at radius 1 is 1.05 bits per heavy atom. The molecule has 5 nitrogen and oxygen atoms in total. The van der Waals surface area contributed by atoms with Gasteiger partial charge in [-0.25, -0.2) is 5.01 Å². The zero-order valence-corrected chi connectivity index (χ0v) is 12.9. The van der Waals surface area contributed by atoms with Crippen LogP contribution in [0, 0.1) is 0 Å². The number of hydrazone groups is 2. The second-order valence-corrected chi connectivity index (χ2v) is 7.21. The van der Waals surface area contributed by atoms with Crippen LogP contribution in [-0.2, 0) is 4.74 Å². The van der Waals surface area contributed by atoms with Crippen LogP contribution >= 0.6 is 11.8 Å². The summed E-state index contributed by atoms with van der Waals surface area (Å²) < 4.78 is 5.88. The van der Waals surface area contributed by atoms with E-state index in [1.165, 1.54) is 32.1 Å². The molecule has 0 N–H and O–H groups in total. The Hall–Kier alpha value is -1.95. The van der Waals surface area contributed by atoms with Crippen molar-refractivity contribution < 1.29 is 4.74 Å². The average Bonchev–Trinajstić information content (AvgIpc) is 3.21. The Morgan fingerprint density at radius 2 is 1.86 bits per heavy atom. The summed E-state index contributed by atoms with van der Waals surface area (Å²) in [6, 6.07) is 10.5. The molecule has 0 saturated heterocycles. The third-order valence-corrected chi connectivity index (χ3v) is 5.95. The highest BCUT2D eigenvalue weighted by molar-refractivity contribution is 8.03. The molecule has 0 unspecified atom stereocenters. The van der Waals surface area contributed by atoms with Crippen LogP contribution in [0.3, 0.4) is 0 Å². The average molecular weight is 312 g/mol. The van der Waals surface area contributed by atoms with Crippen molar-refractivity contribution in [1.82, 2.24) is 10.0 Å². The first kappa shape index (κ1) is 12.6. The molecule has 0 radical (unpaired) electrons. The van der Waals surface area contributed by atoms with Gasteiger partial charge in [-0.05, 0) is 25.0 Å². The van der Waals surface area contributed by atoms with Crippen molar-refractivity contribution in [2.75, 3.05) is 0 Å². The third kappa shape index (κ3) is 1.67. The number of nitrogens with zero attached hydrogens (tertiary/aromatic N) is 4. The van der Waals surface area contributed by atoms with E-state index in [2.05, 4.69) is 15.5 Å². The normalized spacial score (nSPS) is 24.6. The quantitative estimate of drug-likeness (QED) is 0.796. The molecule has 3 heterocycles. The molecule has 6 heteroatoms. The second kappa shape index (κ2) is 4.52. The molecule has 22 heavy (non-hydrogen) atoms. The van der Waals surface area contributed by atoms with Gasteiger partial charge in [-0.2, -0.15) is 5.01 Å². The van der Waals surface area contributed by atoms with E-state index in [1.807, 2.05) is 47.1 Å². The van der Waals surface area contributed by atoms with Gasteiger partial charge in [-0.1, -0.05) is 49.2 Å². The summed E-state index contributed by atoms with van der Waals surface area (Å²) in [5, 5.41) is 15.5. The predicted octanol–water partition coefficient (Wildman–Crippen LogP) is 3.47. The maximum absolute atomic E-state index is 5.88. The number of ether oxygens (including phenoxy) is 1. The van der Waals surface area contributed by atoms with Gasteiger partial charge in [-0.15, -0.1) is 10.2 Å². The van der Waals surface area contributed by atoms with Crippen LogP contribution in [0.15, 0.2) is 51.8 Å². The molecule has 0 atom stereocenters. The van der Waals surface area contributed by atoms with Crippen molar-refractivity contribution in [3.8, 4) is 0 Å². The Kier molecular flexibility index (Phi) is 2.59. The number of hydrogen-bond acceptors (Lipinski definition) is 6. The number of benzene rings is 1. The van der Waals surface area contributed by atoms with E-state index in [4.69, 9.17) is 9.84 Å². The van der Waals surface area contributed by atoms with Gasteiger partial charge in [0.25, 0.3) is 0 Å². The molecule has 1 saturated carbocycles. The molecular formula is C16H16N4OS. The lowest BCUT2D eigenvalue weighted by atomic mass is 9.94. The lowest BCUT2D eigenvalue weighted by Gasteiger charge is -2.37. The summed E-state index contributed by atoms with van der Waals surface area (Å²) in [4.78, 5) is 0.0940. The van der Waals surface area contributed by atoms with Gasteiger partial charge in [0.2, 0.25) is 5.90 Å². The van der Waals surface area contributed by atoms with Gasteiger partial charge in [0, 0.05) is 11.0 Å². The number of thioether (sulfide) groups is 1. The maximum atomic E-state index is 5.88. The van der Waals surface area contributed by atoms with Gasteiger partial charge < -0.3 is 4.74 Å². The third-order valence-electron chi connectivity index (χ3n) is 4.60. The molecular weight excluding hydrogens is 296 g/mol. The van der Waals surface area contributed by atoms with E-state index in [1.54, 1.807) is 0 Å². The summed E-state index contributed by atoms with van der Waals surface area (Å²) in [7, 11) is 0. The Morgan fingerprint density at radius 3 is 2.68 bits per heavy atom. The van der Waals surface area contributed by atoms with Gasteiger partial charge in [0.1, 0.15) is 4.87 Å². The molecule has 1 aromatic carbocycles. The van der Waals surface area contributed by atoms with E-state index >= 15 is 0 Å². The smallest absolute Gasteiger partial charge is 0.344 e. The molecule has 4 aliphatic rings. The van der Waals surface area contributed by atoms with Gasteiger partial charge in [0.05, 0.1) is 0 Å². The van der Waals surface area contributed by atoms with Crippen molar-refractivity contribution in [3.05, 3.63) is 47.1 Å². The molecule has 1 spiro atoms. The fourth-order valence-electron chi connectivity index (χ4n) is 3.47. The Labute approximate surface area is 133 Å². The van der Waals surface area contributed by atoms with Crippen molar-refractivity contribution in [2.24, 2.45) is 10.2 Å². The van der Waals surface area contributed by atoms with Crippen molar-refractivity contribution >= 4 is 23.7 Å². The molecule has 1 fully saturated rings. The Balaban J connectivity index is 1.45. The van der Waals surface area contributed by atoms with Crippen LogP contribution < -0.4 is 0 Å². The molecule has 5 rings (SSSR count). The minimum atomic E-state index is 0.0940. The number of amidine groups is 1. The Bertz CT molecular complexity index is 706. The monoisotopic (exact) mass is 312 g/mol. The first-order chi connectivity index (χ1) is 10.9. The summed E-state index contributed by atoms with van der Waals surface area (Å²) in [6.45, 7) is 0. The highest BCUT2D eigenvalue weighted by Gasteiger charge is 2.51. The van der Waals surface area contributed by atoms with Crippen LogP contribution in [0.4, 0.5) is 0 Å². The lowest BCUT2D eigenvalue weighted by Crippen LogP contribution is -2.40. The van der Waals surface area contributed by atoms with Crippen LogP contribution in [0.2, 0.25) is 0 Å². The van der Waals surface area contributed by atoms with E-state index < -0.39 is 0 Å². The summed E-state index contributed by atoms with van der Waals surface area (Å²) in [5.41, 5.74) is 0.977. The van der Waals surface area contributed by atoms with Gasteiger partial charge in [0.15, 0.2) is 5.82 Å². The fourth-order valence-corrected chi connectivity index (χ4v) is 4.75. The molecule has 1 aromatic rings. The standard InChI is InChI=1S/C16H16N4OS/c1-3-7-12(8-4-1)14-17-19-13-11-22-16(9-5-2-6-10-16)20(13)18-15(19)21-14/h1,3-4,7-8,11H,2,5-6,9-10H2. The van der Waals surface area contributed by atoms with E-state index in [0.717, 1.165) is 11.4 Å². The zero-order valence-electron chi connectivity index (χ0n) is 12.1. The molecule has 1 aliphatic carbocycles. The first-order valence-electron chi connectivity index (χ1n) is 7.75. The lowest BCUT2D eigenvalue weighted by molar-refractivity contribution is 0.170. The van der Waals surface area contributed by atoms with Crippen LogP contribution in [-0.4, -0.2) is 26.8 Å². The highest BCUT2D eigenvalue weighted by atomic mass is 32.2. The zero-order chi connectivity index (χ0) is 14.6. The molecule has 0 aromatic heterocycles. The minimum Gasteiger partial charge on any atom is -0.402 e. The van der Waals surface area contributed by atoms with Gasteiger partial charge >= 0.3 is 6.02 Å². The van der Waals surface area contributed by atoms with Gasteiger partial charge in [-0.3, -0.25) is 0 Å². The molecule has 0 amide bonds. The van der Waals surface area contributed by atoms with Crippen LogP contribution in [0.25, 0.3) is 0 Å². The summed E-state index contributed by atoms with van der Waals surface area (Å²) >= 11 is 1.89. The highest BCUT2D eigenvalue weighted by Crippen LogP contribution is 2.53.